The minimum atomic E-state index is -3.21. The average Bonchev–Trinajstić information content (AvgIpc) is 2.61. The van der Waals surface area contributed by atoms with Crippen LogP contribution in [0.2, 0.25) is 0 Å². The summed E-state index contributed by atoms with van der Waals surface area (Å²) in [6, 6.07) is 20.5. The van der Waals surface area contributed by atoms with Crippen molar-refractivity contribution in [2.75, 3.05) is 6.26 Å². The Bertz CT molecular complexity index is 1040. The van der Waals surface area contributed by atoms with Gasteiger partial charge < -0.3 is 5.32 Å². The topological polar surface area (TPSA) is 63.2 Å². The summed E-state index contributed by atoms with van der Waals surface area (Å²) in [5.74, 6) is -0.0695. The summed E-state index contributed by atoms with van der Waals surface area (Å²) in [6.45, 7) is 1.88. The lowest BCUT2D eigenvalue weighted by atomic mass is 10.0. The molecule has 0 bridgehead atoms. The molecule has 0 aromatic heterocycles. The zero-order valence-electron chi connectivity index (χ0n) is 14.8. The standard InChI is InChI=1S/C21H21NO3S/c1-15(17-9-11-20(12-10-17)26(2,24)25)22-21(23)14-16-7-8-18-5-3-4-6-19(18)13-16/h3-13,15H,14H2,1-2H3,(H,22,23)/t15-/m0/s1. The molecule has 0 aliphatic rings. The highest BCUT2D eigenvalue weighted by molar-refractivity contribution is 7.90. The number of fused-ring (bicyclic) bond motifs is 1. The van der Waals surface area contributed by atoms with E-state index >= 15 is 0 Å². The van der Waals surface area contributed by atoms with Crippen molar-refractivity contribution in [2.24, 2.45) is 0 Å². The maximum absolute atomic E-state index is 12.4. The molecule has 3 aromatic carbocycles. The molecule has 1 amide bonds. The molecule has 0 spiro atoms. The van der Waals surface area contributed by atoms with Crippen LogP contribution in [0.15, 0.2) is 71.6 Å². The van der Waals surface area contributed by atoms with E-state index in [4.69, 9.17) is 0 Å². The van der Waals surface area contributed by atoms with Gasteiger partial charge in [0.15, 0.2) is 9.84 Å². The van der Waals surface area contributed by atoms with Gasteiger partial charge in [-0.05, 0) is 41.0 Å². The number of hydrogen-bond acceptors (Lipinski definition) is 3. The van der Waals surface area contributed by atoms with Crippen molar-refractivity contribution in [3.8, 4) is 0 Å². The Hall–Kier alpha value is -2.66. The van der Waals surface area contributed by atoms with E-state index in [1.807, 2.05) is 49.4 Å². The zero-order valence-corrected chi connectivity index (χ0v) is 15.6. The van der Waals surface area contributed by atoms with E-state index in [1.165, 1.54) is 6.26 Å². The normalized spacial score (nSPS) is 12.7. The average molecular weight is 367 g/mol. The van der Waals surface area contributed by atoms with Crippen molar-refractivity contribution in [3.05, 3.63) is 77.9 Å². The van der Waals surface area contributed by atoms with Crippen LogP contribution in [0.4, 0.5) is 0 Å². The number of amides is 1. The summed E-state index contributed by atoms with van der Waals surface area (Å²) < 4.78 is 23.0. The van der Waals surface area contributed by atoms with Crippen molar-refractivity contribution in [1.29, 1.82) is 0 Å². The fourth-order valence-electron chi connectivity index (χ4n) is 2.91. The number of nitrogens with one attached hydrogen (secondary N) is 1. The van der Waals surface area contributed by atoms with Crippen molar-refractivity contribution >= 4 is 26.5 Å². The van der Waals surface area contributed by atoms with Gasteiger partial charge in [-0.15, -0.1) is 0 Å². The Morgan fingerprint density at radius 2 is 1.62 bits per heavy atom. The van der Waals surface area contributed by atoms with Gasteiger partial charge in [0.25, 0.3) is 0 Å². The molecule has 5 heteroatoms. The molecule has 0 aliphatic heterocycles. The van der Waals surface area contributed by atoms with Crippen molar-refractivity contribution in [3.63, 3.8) is 0 Å². The fraction of sp³-hybridized carbons (Fsp3) is 0.190. The summed E-state index contributed by atoms with van der Waals surface area (Å²) in [7, 11) is -3.21. The van der Waals surface area contributed by atoms with Crippen LogP contribution in [0.5, 0.6) is 0 Å². The minimum Gasteiger partial charge on any atom is -0.349 e. The van der Waals surface area contributed by atoms with Crippen LogP contribution in [-0.2, 0) is 21.1 Å². The Balaban J connectivity index is 1.66. The third-order valence-corrected chi connectivity index (χ3v) is 5.49. The first-order valence-corrected chi connectivity index (χ1v) is 10.3. The number of hydrogen-bond donors (Lipinski definition) is 1. The molecule has 0 saturated carbocycles. The molecule has 4 nitrogen and oxygen atoms in total. The van der Waals surface area contributed by atoms with E-state index in [2.05, 4.69) is 5.32 Å². The van der Waals surface area contributed by atoms with Gasteiger partial charge in [0.05, 0.1) is 17.4 Å². The lowest BCUT2D eigenvalue weighted by molar-refractivity contribution is -0.121. The van der Waals surface area contributed by atoms with Crippen molar-refractivity contribution in [2.45, 2.75) is 24.3 Å². The molecule has 0 saturated heterocycles. The number of benzene rings is 3. The Morgan fingerprint density at radius 3 is 2.27 bits per heavy atom. The fourth-order valence-corrected chi connectivity index (χ4v) is 3.54. The molecule has 26 heavy (non-hydrogen) atoms. The Labute approximate surface area is 153 Å². The van der Waals surface area contributed by atoms with Gasteiger partial charge in [0.2, 0.25) is 5.91 Å². The zero-order chi connectivity index (χ0) is 18.7. The Morgan fingerprint density at radius 1 is 0.962 bits per heavy atom. The predicted molar refractivity (Wildman–Crippen MR) is 104 cm³/mol. The lowest BCUT2D eigenvalue weighted by Crippen LogP contribution is -2.28. The highest BCUT2D eigenvalue weighted by Crippen LogP contribution is 2.18. The van der Waals surface area contributed by atoms with Crippen LogP contribution in [0.1, 0.15) is 24.1 Å². The molecule has 1 N–H and O–H groups in total. The molecule has 3 aromatic rings. The van der Waals surface area contributed by atoms with E-state index in [0.717, 1.165) is 21.9 Å². The van der Waals surface area contributed by atoms with E-state index in [-0.39, 0.29) is 16.8 Å². The van der Waals surface area contributed by atoms with E-state index < -0.39 is 9.84 Å². The quantitative estimate of drug-likeness (QED) is 0.748. The van der Waals surface area contributed by atoms with E-state index in [9.17, 15) is 13.2 Å². The van der Waals surface area contributed by atoms with E-state index in [1.54, 1.807) is 24.3 Å². The molecule has 0 aliphatic carbocycles. The summed E-state index contributed by atoms with van der Waals surface area (Å²) in [4.78, 5) is 12.6. The first kappa shape index (κ1) is 18.1. The van der Waals surface area contributed by atoms with Crippen LogP contribution in [0.25, 0.3) is 10.8 Å². The first-order valence-electron chi connectivity index (χ1n) is 8.40. The summed E-state index contributed by atoms with van der Waals surface area (Å²) in [5, 5.41) is 5.22. The molecule has 0 fully saturated rings. The second-order valence-corrected chi connectivity index (χ2v) is 8.50. The third-order valence-electron chi connectivity index (χ3n) is 4.36. The third kappa shape index (κ3) is 4.29. The summed E-state index contributed by atoms with van der Waals surface area (Å²) in [5.41, 5.74) is 1.82. The smallest absolute Gasteiger partial charge is 0.224 e. The second-order valence-electron chi connectivity index (χ2n) is 6.49. The van der Waals surface area contributed by atoms with Gasteiger partial charge in [0.1, 0.15) is 0 Å². The Kier molecular flexibility index (Phi) is 5.09. The van der Waals surface area contributed by atoms with Crippen LogP contribution in [0.3, 0.4) is 0 Å². The van der Waals surface area contributed by atoms with Crippen LogP contribution in [-0.4, -0.2) is 20.6 Å². The second kappa shape index (κ2) is 7.30. The van der Waals surface area contributed by atoms with Crippen LogP contribution < -0.4 is 5.32 Å². The molecular formula is C21H21NO3S. The van der Waals surface area contributed by atoms with Gasteiger partial charge >= 0.3 is 0 Å². The maximum Gasteiger partial charge on any atom is 0.224 e. The van der Waals surface area contributed by atoms with Gasteiger partial charge in [-0.1, -0.05) is 54.6 Å². The molecule has 134 valence electrons. The van der Waals surface area contributed by atoms with Crippen molar-refractivity contribution in [1.82, 2.24) is 5.32 Å². The molecule has 1 atom stereocenters. The van der Waals surface area contributed by atoms with Gasteiger partial charge in [-0.3, -0.25) is 4.79 Å². The molecule has 0 radical (unpaired) electrons. The number of rotatable bonds is 5. The largest absolute Gasteiger partial charge is 0.349 e. The lowest BCUT2D eigenvalue weighted by Gasteiger charge is -2.15. The molecular weight excluding hydrogens is 346 g/mol. The molecule has 3 rings (SSSR count). The minimum absolute atomic E-state index is 0.0695. The SMILES string of the molecule is C[C@H](NC(=O)Cc1ccc2ccccc2c1)c1ccc(S(C)(=O)=O)cc1. The van der Waals surface area contributed by atoms with Crippen LogP contribution in [0, 0.1) is 0 Å². The van der Waals surface area contributed by atoms with Gasteiger partial charge in [0, 0.05) is 6.26 Å². The predicted octanol–water partition coefficient (Wildman–Crippen LogP) is 3.66. The van der Waals surface area contributed by atoms with Gasteiger partial charge in [-0.2, -0.15) is 0 Å². The molecule has 0 unspecified atom stereocenters. The summed E-state index contributed by atoms with van der Waals surface area (Å²) in [6.07, 6.45) is 1.48. The monoisotopic (exact) mass is 367 g/mol. The number of carbonyl (C=O) groups is 1. The first-order chi connectivity index (χ1) is 12.3. The maximum atomic E-state index is 12.4. The van der Waals surface area contributed by atoms with E-state index in [0.29, 0.717) is 6.42 Å². The highest BCUT2D eigenvalue weighted by Gasteiger charge is 2.12. The molecule has 0 heterocycles. The van der Waals surface area contributed by atoms with Crippen LogP contribution >= 0.6 is 0 Å². The highest BCUT2D eigenvalue weighted by atomic mass is 32.2. The number of carbonyl (C=O) groups excluding carboxylic acids is 1. The summed E-state index contributed by atoms with van der Waals surface area (Å²) >= 11 is 0. The van der Waals surface area contributed by atoms with Crippen molar-refractivity contribution < 1.29 is 13.2 Å². The van der Waals surface area contributed by atoms with Gasteiger partial charge in [-0.25, -0.2) is 8.42 Å². The number of sulfone groups is 1.